The first-order chi connectivity index (χ1) is 10.3. The van der Waals surface area contributed by atoms with Crippen molar-refractivity contribution in [3.8, 4) is 0 Å². The van der Waals surface area contributed by atoms with E-state index in [1.807, 2.05) is 54.6 Å². The van der Waals surface area contributed by atoms with E-state index in [9.17, 15) is 0 Å². The summed E-state index contributed by atoms with van der Waals surface area (Å²) in [7, 11) is 0. The molecule has 0 bridgehead atoms. The number of rotatable bonds is 4. The number of nitrogens with zero attached hydrogens (tertiary/aromatic N) is 2. The van der Waals surface area contributed by atoms with Crippen molar-refractivity contribution in [1.82, 2.24) is 15.2 Å². The number of H-pyrrole nitrogens is 1. The monoisotopic (exact) mass is 295 g/mol. The highest BCUT2D eigenvalue weighted by Gasteiger charge is 2.01. The van der Waals surface area contributed by atoms with Gasteiger partial charge in [0.1, 0.15) is 5.82 Å². The van der Waals surface area contributed by atoms with Crippen LogP contribution in [0.25, 0.3) is 12.2 Å². The topological polar surface area (TPSA) is 41.6 Å². The summed E-state index contributed by atoms with van der Waals surface area (Å²) in [5.74, 6) is 1.54. The molecule has 3 rings (SSSR count). The van der Waals surface area contributed by atoms with Crippen LogP contribution in [0.4, 0.5) is 0 Å². The van der Waals surface area contributed by atoms with Gasteiger partial charge in [0, 0.05) is 11.4 Å². The number of aromatic amines is 1. The Hall–Kier alpha value is -2.39. The molecule has 0 aliphatic heterocycles. The predicted molar refractivity (Wildman–Crippen MR) is 86.0 cm³/mol. The molecule has 3 nitrogen and oxygen atoms in total. The highest BCUT2D eigenvalue weighted by molar-refractivity contribution is 6.30. The van der Waals surface area contributed by atoms with Crippen molar-refractivity contribution in [1.29, 1.82) is 0 Å². The zero-order chi connectivity index (χ0) is 14.5. The van der Waals surface area contributed by atoms with Gasteiger partial charge in [-0.2, -0.15) is 5.10 Å². The van der Waals surface area contributed by atoms with Gasteiger partial charge in [-0.05, 0) is 29.3 Å². The molecule has 3 aromatic rings. The van der Waals surface area contributed by atoms with Gasteiger partial charge in [-0.15, -0.1) is 0 Å². The Labute approximate surface area is 128 Å². The maximum Gasteiger partial charge on any atom is 0.173 e. The van der Waals surface area contributed by atoms with Gasteiger partial charge in [-0.1, -0.05) is 60.1 Å². The number of halogens is 1. The van der Waals surface area contributed by atoms with Crippen molar-refractivity contribution >= 4 is 23.8 Å². The van der Waals surface area contributed by atoms with E-state index >= 15 is 0 Å². The van der Waals surface area contributed by atoms with Crippen LogP contribution in [0.15, 0.2) is 54.6 Å². The van der Waals surface area contributed by atoms with E-state index in [0.29, 0.717) is 5.82 Å². The van der Waals surface area contributed by atoms with Gasteiger partial charge in [0.2, 0.25) is 0 Å². The van der Waals surface area contributed by atoms with Crippen LogP contribution >= 0.6 is 11.6 Å². The molecule has 1 heterocycles. The summed E-state index contributed by atoms with van der Waals surface area (Å²) in [4.78, 5) is 4.46. The Morgan fingerprint density at radius 1 is 0.952 bits per heavy atom. The third-order valence-corrected chi connectivity index (χ3v) is 3.31. The number of hydrogen-bond donors (Lipinski definition) is 1. The van der Waals surface area contributed by atoms with Gasteiger partial charge >= 0.3 is 0 Å². The van der Waals surface area contributed by atoms with Crippen LogP contribution in [0.3, 0.4) is 0 Å². The SMILES string of the molecule is Clc1ccc(C=Cc2n[nH]c(Cc3ccccc3)n2)cc1. The summed E-state index contributed by atoms with van der Waals surface area (Å²) in [5.41, 5.74) is 2.27. The summed E-state index contributed by atoms with van der Waals surface area (Å²) in [6, 6.07) is 17.8. The first-order valence-electron chi connectivity index (χ1n) is 6.68. The van der Waals surface area contributed by atoms with Crippen molar-refractivity contribution in [3.63, 3.8) is 0 Å². The fourth-order valence-electron chi connectivity index (χ4n) is 2.00. The van der Waals surface area contributed by atoms with Gasteiger partial charge in [-0.3, -0.25) is 5.10 Å². The Kier molecular flexibility index (Phi) is 4.12. The van der Waals surface area contributed by atoms with Crippen molar-refractivity contribution in [3.05, 3.63) is 82.4 Å². The molecule has 0 aliphatic carbocycles. The van der Waals surface area contributed by atoms with E-state index in [2.05, 4.69) is 27.3 Å². The second-order valence-electron chi connectivity index (χ2n) is 4.69. The first-order valence-corrected chi connectivity index (χ1v) is 7.06. The molecule has 2 aromatic carbocycles. The van der Waals surface area contributed by atoms with Crippen LogP contribution in [0, 0.1) is 0 Å². The highest BCUT2D eigenvalue weighted by atomic mass is 35.5. The van der Waals surface area contributed by atoms with E-state index in [1.54, 1.807) is 0 Å². The Balaban J connectivity index is 1.69. The zero-order valence-electron chi connectivity index (χ0n) is 11.3. The molecule has 0 saturated carbocycles. The average Bonchev–Trinajstić information content (AvgIpc) is 2.95. The van der Waals surface area contributed by atoms with E-state index in [-0.39, 0.29) is 0 Å². The Morgan fingerprint density at radius 3 is 2.48 bits per heavy atom. The molecule has 0 aliphatic rings. The largest absolute Gasteiger partial charge is 0.262 e. The number of nitrogens with one attached hydrogen (secondary N) is 1. The van der Waals surface area contributed by atoms with Crippen LogP contribution in [0.5, 0.6) is 0 Å². The number of benzene rings is 2. The molecule has 1 N–H and O–H groups in total. The summed E-state index contributed by atoms with van der Waals surface area (Å²) >= 11 is 5.86. The van der Waals surface area contributed by atoms with E-state index in [4.69, 9.17) is 11.6 Å². The third-order valence-electron chi connectivity index (χ3n) is 3.06. The van der Waals surface area contributed by atoms with Crippen molar-refractivity contribution < 1.29 is 0 Å². The van der Waals surface area contributed by atoms with Crippen LogP contribution in [-0.2, 0) is 6.42 Å². The average molecular weight is 296 g/mol. The second-order valence-corrected chi connectivity index (χ2v) is 5.12. The molecule has 0 unspecified atom stereocenters. The maximum atomic E-state index is 5.86. The smallest absolute Gasteiger partial charge is 0.173 e. The lowest BCUT2D eigenvalue weighted by molar-refractivity contribution is 0.972. The molecule has 104 valence electrons. The second kappa shape index (κ2) is 6.37. The van der Waals surface area contributed by atoms with E-state index < -0.39 is 0 Å². The number of aromatic nitrogens is 3. The predicted octanol–water partition coefficient (Wildman–Crippen LogP) is 4.22. The lowest BCUT2D eigenvalue weighted by Crippen LogP contribution is -1.90. The van der Waals surface area contributed by atoms with E-state index in [1.165, 1.54) is 5.56 Å². The molecule has 4 heteroatoms. The summed E-state index contributed by atoms with van der Waals surface area (Å²) in [6.07, 6.45) is 4.60. The fourth-order valence-corrected chi connectivity index (χ4v) is 2.12. The molecule has 0 saturated heterocycles. The first kappa shape index (κ1) is 13.6. The van der Waals surface area contributed by atoms with Gasteiger partial charge < -0.3 is 0 Å². The Morgan fingerprint density at radius 2 is 1.71 bits per heavy atom. The van der Waals surface area contributed by atoms with Crippen LogP contribution in [0.1, 0.15) is 22.8 Å². The van der Waals surface area contributed by atoms with Gasteiger partial charge in [-0.25, -0.2) is 4.98 Å². The van der Waals surface area contributed by atoms with Crippen molar-refractivity contribution in [2.45, 2.75) is 6.42 Å². The molecule has 0 radical (unpaired) electrons. The molecular weight excluding hydrogens is 282 g/mol. The van der Waals surface area contributed by atoms with Crippen molar-refractivity contribution in [2.75, 3.05) is 0 Å². The lowest BCUT2D eigenvalue weighted by Gasteiger charge is -1.95. The highest BCUT2D eigenvalue weighted by Crippen LogP contribution is 2.12. The van der Waals surface area contributed by atoms with Gasteiger partial charge in [0.25, 0.3) is 0 Å². The minimum absolute atomic E-state index is 0.677. The minimum Gasteiger partial charge on any atom is -0.262 e. The molecule has 0 spiro atoms. The molecular formula is C17H14ClN3. The quantitative estimate of drug-likeness (QED) is 0.783. The Bertz CT molecular complexity index is 730. The van der Waals surface area contributed by atoms with Crippen LogP contribution in [0.2, 0.25) is 5.02 Å². The van der Waals surface area contributed by atoms with Crippen LogP contribution < -0.4 is 0 Å². The summed E-state index contributed by atoms with van der Waals surface area (Å²) in [5, 5.41) is 7.89. The number of hydrogen-bond acceptors (Lipinski definition) is 2. The molecule has 1 aromatic heterocycles. The third kappa shape index (κ3) is 3.80. The fraction of sp³-hybridized carbons (Fsp3) is 0.0588. The summed E-state index contributed by atoms with van der Waals surface area (Å²) < 4.78 is 0. The summed E-state index contributed by atoms with van der Waals surface area (Å²) in [6.45, 7) is 0. The van der Waals surface area contributed by atoms with Crippen molar-refractivity contribution in [2.24, 2.45) is 0 Å². The van der Waals surface area contributed by atoms with Gasteiger partial charge in [0.05, 0.1) is 0 Å². The molecule has 0 atom stereocenters. The maximum absolute atomic E-state index is 5.86. The minimum atomic E-state index is 0.677. The van der Waals surface area contributed by atoms with Gasteiger partial charge in [0.15, 0.2) is 5.82 Å². The molecule has 0 fully saturated rings. The molecule has 0 amide bonds. The lowest BCUT2D eigenvalue weighted by atomic mass is 10.1. The normalized spacial score (nSPS) is 11.1. The molecule has 21 heavy (non-hydrogen) atoms. The standard InChI is InChI=1S/C17H14ClN3/c18-15-9-6-13(7-10-15)8-11-16-19-17(21-20-16)12-14-4-2-1-3-5-14/h1-11H,12H2,(H,19,20,21). The zero-order valence-corrected chi connectivity index (χ0v) is 12.1. The van der Waals surface area contributed by atoms with E-state index in [0.717, 1.165) is 22.8 Å². The van der Waals surface area contributed by atoms with Crippen LogP contribution in [-0.4, -0.2) is 15.2 Å².